The van der Waals surface area contributed by atoms with Crippen LogP contribution in [0.15, 0.2) is 36.4 Å². The van der Waals surface area contributed by atoms with E-state index in [1.165, 1.54) is 5.56 Å². The predicted octanol–water partition coefficient (Wildman–Crippen LogP) is 4.27. The molecule has 4 heteroatoms. The highest BCUT2D eigenvalue weighted by Crippen LogP contribution is 2.24. The van der Waals surface area contributed by atoms with Crippen molar-refractivity contribution in [2.75, 3.05) is 6.61 Å². The quantitative estimate of drug-likeness (QED) is 0.807. The number of carbonyl (C=O) groups excluding carboxylic acids is 1. The largest absolute Gasteiger partial charge is 0.491 e. The maximum atomic E-state index is 12.4. The molecule has 26 heavy (non-hydrogen) atoms. The number of aryl methyl sites for hydroxylation is 3. The van der Waals surface area contributed by atoms with Crippen molar-refractivity contribution in [3.63, 3.8) is 0 Å². The number of hydrogen-bond acceptors (Lipinski definition) is 3. The van der Waals surface area contributed by atoms with Crippen molar-refractivity contribution in [2.24, 2.45) is 0 Å². The molecule has 2 aromatic carbocycles. The molecule has 2 atom stereocenters. The number of nitrogens with one attached hydrogen (secondary N) is 1. The third-order valence-electron chi connectivity index (χ3n) is 4.35. The van der Waals surface area contributed by atoms with Crippen molar-refractivity contribution >= 4 is 5.91 Å². The van der Waals surface area contributed by atoms with Crippen LogP contribution in [0.1, 0.15) is 36.1 Å². The second-order valence-corrected chi connectivity index (χ2v) is 7.00. The zero-order chi connectivity index (χ0) is 19.3. The molecule has 0 saturated heterocycles. The molecule has 1 N–H and O–H groups in total. The van der Waals surface area contributed by atoms with Crippen LogP contribution in [0, 0.1) is 27.7 Å². The Balaban J connectivity index is 1.87. The Hall–Kier alpha value is -2.49. The molecule has 0 aromatic heterocycles. The SMILES string of the molecule is Cc1ccc(OC[C@H](C)NC(=O)[C@@H](C)Oc2cc(C)cc(C)c2C)cc1. The number of rotatable bonds is 7. The first kappa shape index (κ1) is 19.8. The summed E-state index contributed by atoms with van der Waals surface area (Å²) in [5.74, 6) is 1.41. The van der Waals surface area contributed by atoms with E-state index < -0.39 is 6.10 Å². The normalized spacial score (nSPS) is 13.0. The number of ether oxygens (including phenoxy) is 2. The van der Waals surface area contributed by atoms with Crippen LogP contribution < -0.4 is 14.8 Å². The van der Waals surface area contributed by atoms with Gasteiger partial charge >= 0.3 is 0 Å². The van der Waals surface area contributed by atoms with Crippen LogP contribution in [0.4, 0.5) is 0 Å². The van der Waals surface area contributed by atoms with Crippen molar-refractivity contribution in [1.82, 2.24) is 5.32 Å². The van der Waals surface area contributed by atoms with Gasteiger partial charge < -0.3 is 14.8 Å². The van der Waals surface area contributed by atoms with Gasteiger partial charge in [-0.15, -0.1) is 0 Å². The average molecular weight is 355 g/mol. The molecule has 0 spiro atoms. The third kappa shape index (κ3) is 5.51. The Morgan fingerprint density at radius 1 is 1.00 bits per heavy atom. The first-order valence-electron chi connectivity index (χ1n) is 9.00. The first-order valence-corrected chi connectivity index (χ1v) is 9.00. The minimum absolute atomic E-state index is 0.116. The second kappa shape index (κ2) is 8.75. The standard InChI is InChI=1S/C22H29NO3/c1-14-7-9-20(10-8-14)25-13-17(4)23-22(24)19(6)26-21-12-15(2)11-16(3)18(21)5/h7-12,17,19H,13H2,1-6H3,(H,23,24)/t17-,19+/m0/s1. The lowest BCUT2D eigenvalue weighted by Gasteiger charge is -2.20. The lowest BCUT2D eigenvalue weighted by Crippen LogP contribution is -2.43. The number of hydrogen-bond donors (Lipinski definition) is 1. The van der Waals surface area contributed by atoms with Gasteiger partial charge in [0.15, 0.2) is 6.10 Å². The van der Waals surface area contributed by atoms with E-state index in [-0.39, 0.29) is 11.9 Å². The summed E-state index contributed by atoms with van der Waals surface area (Å²) in [6.45, 7) is 12.2. The number of carbonyl (C=O) groups is 1. The zero-order valence-electron chi connectivity index (χ0n) is 16.6. The summed E-state index contributed by atoms with van der Waals surface area (Å²) >= 11 is 0. The van der Waals surface area contributed by atoms with Gasteiger partial charge in [0.25, 0.3) is 5.91 Å². The molecule has 4 nitrogen and oxygen atoms in total. The molecule has 0 heterocycles. The van der Waals surface area contributed by atoms with Gasteiger partial charge in [0, 0.05) is 0 Å². The Labute approximate surface area is 156 Å². The molecule has 0 unspecified atom stereocenters. The van der Waals surface area contributed by atoms with Crippen LogP contribution in [0.2, 0.25) is 0 Å². The Bertz CT molecular complexity index is 753. The van der Waals surface area contributed by atoms with Crippen LogP contribution >= 0.6 is 0 Å². The van der Waals surface area contributed by atoms with E-state index in [9.17, 15) is 4.79 Å². The molecule has 140 valence electrons. The average Bonchev–Trinajstić information content (AvgIpc) is 2.58. The van der Waals surface area contributed by atoms with Gasteiger partial charge in [-0.2, -0.15) is 0 Å². The van der Waals surface area contributed by atoms with Gasteiger partial charge in [-0.3, -0.25) is 4.79 Å². The van der Waals surface area contributed by atoms with Crippen molar-refractivity contribution in [1.29, 1.82) is 0 Å². The molecule has 0 fully saturated rings. The summed E-state index contributed by atoms with van der Waals surface area (Å²) in [4.78, 5) is 12.4. The summed E-state index contributed by atoms with van der Waals surface area (Å²) in [5, 5.41) is 2.94. The van der Waals surface area contributed by atoms with Crippen LogP contribution in [0.3, 0.4) is 0 Å². The summed E-state index contributed by atoms with van der Waals surface area (Å²) < 4.78 is 11.6. The second-order valence-electron chi connectivity index (χ2n) is 7.00. The van der Waals surface area contributed by atoms with E-state index in [0.717, 1.165) is 28.2 Å². The summed E-state index contributed by atoms with van der Waals surface area (Å²) in [6.07, 6.45) is -0.572. The molecule has 0 aliphatic rings. The summed E-state index contributed by atoms with van der Waals surface area (Å²) in [5.41, 5.74) is 4.53. The van der Waals surface area contributed by atoms with Crippen LogP contribution in [0.5, 0.6) is 11.5 Å². The van der Waals surface area contributed by atoms with Crippen molar-refractivity contribution in [2.45, 2.75) is 53.7 Å². The summed E-state index contributed by atoms with van der Waals surface area (Å²) in [6, 6.07) is 11.8. The molecule has 0 bridgehead atoms. The molecule has 1 amide bonds. The van der Waals surface area contributed by atoms with Gasteiger partial charge in [0.1, 0.15) is 18.1 Å². The van der Waals surface area contributed by atoms with E-state index in [1.807, 2.05) is 65.0 Å². The topological polar surface area (TPSA) is 47.6 Å². The highest BCUT2D eigenvalue weighted by atomic mass is 16.5. The van der Waals surface area contributed by atoms with Gasteiger partial charge in [0.05, 0.1) is 6.04 Å². The fourth-order valence-corrected chi connectivity index (χ4v) is 2.62. The lowest BCUT2D eigenvalue weighted by molar-refractivity contribution is -0.128. The smallest absolute Gasteiger partial charge is 0.261 e. The van der Waals surface area contributed by atoms with E-state index in [0.29, 0.717) is 6.61 Å². The van der Waals surface area contributed by atoms with Gasteiger partial charge in [-0.05, 0) is 76.4 Å². The highest BCUT2D eigenvalue weighted by Gasteiger charge is 2.18. The first-order chi connectivity index (χ1) is 12.3. The monoisotopic (exact) mass is 355 g/mol. The zero-order valence-corrected chi connectivity index (χ0v) is 16.6. The Morgan fingerprint density at radius 2 is 1.65 bits per heavy atom. The summed E-state index contributed by atoms with van der Waals surface area (Å²) in [7, 11) is 0. The fraction of sp³-hybridized carbons (Fsp3) is 0.409. The number of amides is 1. The van der Waals surface area contributed by atoms with Crippen LogP contribution in [-0.2, 0) is 4.79 Å². The maximum Gasteiger partial charge on any atom is 0.261 e. The van der Waals surface area contributed by atoms with Crippen molar-refractivity contribution < 1.29 is 14.3 Å². The predicted molar refractivity (Wildman–Crippen MR) is 105 cm³/mol. The molecule has 0 radical (unpaired) electrons. The van der Waals surface area contributed by atoms with Crippen molar-refractivity contribution in [3.8, 4) is 11.5 Å². The molecule has 0 saturated carbocycles. The van der Waals surface area contributed by atoms with Crippen LogP contribution in [0.25, 0.3) is 0 Å². The van der Waals surface area contributed by atoms with Crippen molar-refractivity contribution in [3.05, 3.63) is 58.7 Å². The lowest BCUT2D eigenvalue weighted by atomic mass is 10.1. The van der Waals surface area contributed by atoms with Gasteiger partial charge in [-0.1, -0.05) is 23.8 Å². The minimum Gasteiger partial charge on any atom is -0.491 e. The minimum atomic E-state index is -0.572. The molecule has 0 aliphatic heterocycles. The Kier molecular flexibility index (Phi) is 6.67. The Morgan fingerprint density at radius 3 is 2.31 bits per heavy atom. The third-order valence-corrected chi connectivity index (χ3v) is 4.35. The molecule has 0 aliphatic carbocycles. The van der Waals surface area contributed by atoms with E-state index in [1.54, 1.807) is 6.92 Å². The van der Waals surface area contributed by atoms with E-state index in [4.69, 9.17) is 9.47 Å². The molecular formula is C22H29NO3. The van der Waals surface area contributed by atoms with E-state index in [2.05, 4.69) is 11.4 Å². The van der Waals surface area contributed by atoms with Crippen LogP contribution in [-0.4, -0.2) is 24.7 Å². The highest BCUT2D eigenvalue weighted by molar-refractivity contribution is 5.81. The molecule has 2 aromatic rings. The van der Waals surface area contributed by atoms with E-state index >= 15 is 0 Å². The molecular weight excluding hydrogens is 326 g/mol. The molecule has 2 rings (SSSR count). The number of benzene rings is 2. The van der Waals surface area contributed by atoms with Gasteiger partial charge in [-0.25, -0.2) is 0 Å². The van der Waals surface area contributed by atoms with Gasteiger partial charge in [0.2, 0.25) is 0 Å². The fourth-order valence-electron chi connectivity index (χ4n) is 2.62. The maximum absolute atomic E-state index is 12.4.